The van der Waals surface area contributed by atoms with E-state index in [0.717, 1.165) is 41.5 Å². The molecule has 0 aliphatic carbocycles. The smallest absolute Gasteiger partial charge is 0.254 e. The van der Waals surface area contributed by atoms with Gasteiger partial charge >= 0.3 is 0 Å². The van der Waals surface area contributed by atoms with Gasteiger partial charge in [-0.05, 0) is 38.8 Å². The highest BCUT2D eigenvalue weighted by molar-refractivity contribution is 6.06. The summed E-state index contributed by atoms with van der Waals surface area (Å²) in [6.45, 7) is 6.05. The van der Waals surface area contributed by atoms with E-state index in [1.807, 2.05) is 49.1 Å². The molecule has 1 aliphatic heterocycles. The summed E-state index contributed by atoms with van der Waals surface area (Å²) in [4.78, 5) is 19.5. The molecule has 0 spiro atoms. The number of amides is 1. The van der Waals surface area contributed by atoms with Crippen LogP contribution in [0.5, 0.6) is 0 Å². The third kappa shape index (κ3) is 2.83. The number of hydrogen-bond donors (Lipinski definition) is 0. The standard InChI is InChI=1S/C18H22N2O2/c1-3-22-12-14-7-6-10-20(14)18(21)16-11-13(2)19-17-9-5-4-8-15(16)17/h4-5,8-9,11,14H,3,6-7,10,12H2,1-2H3. The second kappa shape index (κ2) is 6.44. The van der Waals surface area contributed by atoms with Gasteiger partial charge in [0.15, 0.2) is 0 Å². The first-order valence-electron chi connectivity index (χ1n) is 7.96. The second-order valence-corrected chi connectivity index (χ2v) is 5.78. The SMILES string of the molecule is CCOCC1CCCN1C(=O)c1cc(C)nc2ccccc12. The number of rotatable bonds is 4. The van der Waals surface area contributed by atoms with Gasteiger partial charge in [-0.15, -0.1) is 0 Å². The van der Waals surface area contributed by atoms with Crippen molar-refractivity contribution in [1.82, 2.24) is 9.88 Å². The highest BCUT2D eigenvalue weighted by Gasteiger charge is 2.30. The van der Waals surface area contributed by atoms with E-state index in [-0.39, 0.29) is 11.9 Å². The van der Waals surface area contributed by atoms with Crippen molar-refractivity contribution in [2.24, 2.45) is 0 Å². The molecule has 4 heteroatoms. The Morgan fingerprint density at radius 3 is 3.05 bits per heavy atom. The van der Waals surface area contributed by atoms with Crippen LogP contribution >= 0.6 is 0 Å². The highest BCUT2D eigenvalue weighted by atomic mass is 16.5. The Morgan fingerprint density at radius 1 is 1.41 bits per heavy atom. The maximum atomic E-state index is 13.0. The van der Waals surface area contributed by atoms with E-state index in [0.29, 0.717) is 13.2 Å². The predicted molar refractivity (Wildman–Crippen MR) is 87.0 cm³/mol. The minimum atomic E-state index is 0.101. The number of fused-ring (bicyclic) bond motifs is 1. The fraction of sp³-hybridized carbons (Fsp3) is 0.444. The number of hydrogen-bond acceptors (Lipinski definition) is 3. The van der Waals surface area contributed by atoms with E-state index >= 15 is 0 Å². The molecule has 0 radical (unpaired) electrons. The molecule has 0 bridgehead atoms. The molecule has 1 unspecified atom stereocenters. The Labute approximate surface area is 131 Å². The summed E-state index contributed by atoms with van der Waals surface area (Å²) in [5.74, 6) is 0.101. The molecule has 1 saturated heterocycles. The Kier molecular flexibility index (Phi) is 4.39. The third-order valence-corrected chi connectivity index (χ3v) is 4.23. The van der Waals surface area contributed by atoms with Crippen LogP contribution in [0.4, 0.5) is 0 Å². The van der Waals surface area contributed by atoms with E-state index in [1.165, 1.54) is 0 Å². The fourth-order valence-corrected chi connectivity index (χ4v) is 3.17. The van der Waals surface area contributed by atoms with E-state index < -0.39 is 0 Å². The van der Waals surface area contributed by atoms with Crippen molar-refractivity contribution in [2.45, 2.75) is 32.7 Å². The zero-order chi connectivity index (χ0) is 15.5. The van der Waals surface area contributed by atoms with E-state index in [4.69, 9.17) is 4.74 Å². The fourth-order valence-electron chi connectivity index (χ4n) is 3.17. The van der Waals surface area contributed by atoms with Crippen LogP contribution in [-0.2, 0) is 4.74 Å². The van der Waals surface area contributed by atoms with E-state index in [9.17, 15) is 4.79 Å². The molecule has 1 amide bonds. The van der Waals surface area contributed by atoms with Crippen molar-refractivity contribution in [3.63, 3.8) is 0 Å². The summed E-state index contributed by atoms with van der Waals surface area (Å²) in [5.41, 5.74) is 2.51. The Hall–Kier alpha value is -1.94. The van der Waals surface area contributed by atoms with Crippen molar-refractivity contribution in [2.75, 3.05) is 19.8 Å². The lowest BCUT2D eigenvalue weighted by atomic mass is 10.1. The molecule has 1 aliphatic rings. The monoisotopic (exact) mass is 298 g/mol. The molecule has 1 aromatic heterocycles. The average molecular weight is 298 g/mol. The lowest BCUT2D eigenvalue weighted by Crippen LogP contribution is -2.38. The van der Waals surface area contributed by atoms with Gasteiger partial charge in [0.25, 0.3) is 5.91 Å². The van der Waals surface area contributed by atoms with Crippen LogP contribution in [0, 0.1) is 6.92 Å². The molecular formula is C18H22N2O2. The summed E-state index contributed by atoms with van der Waals surface area (Å²) in [6, 6.07) is 9.94. The van der Waals surface area contributed by atoms with Crippen molar-refractivity contribution in [3.05, 3.63) is 41.6 Å². The van der Waals surface area contributed by atoms with Crippen LogP contribution in [0.3, 0.4) is 0 Å². The Morgan fingerprint density at radius 2 is 2.23 bits per heavy atom. The molecule has 3 rings (SSSR count). The number of nitrogens with zero attached hydrogens (tertiary/aromatic N) is 2. The molecule has 22 heavy (non-hydrogen) atoms. The van der Waals surface area contributed by atoms with Crippen LogP contribution in [0.1, 0.15) is 35.8 Å². The molecule has 0 N–H and O–H groups in total. The summed E-state index contributed by atoms with van der Waals surface area (Å²) >= 11 is 0. The van der Waals surface area contributed by atoms with Crippen molar-refractivity contribution >= 4 is 16.8 Å². The van der Waals surface area contributed by atoms with Gasteiger partial charge in [-0.25, -0.2) is 0 Å². The number of ether oxygens (including phenoxy) is 1. The van der Waals surface area contributed by atoms with Crippen LogP contribution in [-0.4, -0.2) is 41.6 Å². The van der Waals surface area contributed by atoms with Crippen LogP contribution in [0.15, 0.2) is 30.3 Å². The summed E-state index contributed by atoms with van der Waals surface area (Å²) in [7, 11) is 0. The molecule has 2 heterocycles. The quantitative estimate of drug-likeness (QED) is 0.870. The summed E-state index contributed by atoms with van der Waals surface area (Å²) in [6.07, 6.45) is 2.07. The van der Waals surface area contributed by atoms with Gasteiger partial charge in [0.1, 0.15) is 0 Å². The molecule has 2 aromatic rings. The number of benzene rings is 1. The largest absolute Gasteiger partial charge is 0.380 e. The number of carbonyl (C=O) groups excluding carboxylic acids is 1. The van der Waals surface area contributed by atoms with Crippen molar-refractivity contribution < 1.29 is 9.53 Å². The number of para-hydroxylation sites is 1. The zero-order valence-corrected chi connectivity index (χ0v) is 13.2. The maximum absolute atomic E-state index is 13.0. The molecule has 1 atom stereocenters. The predicted octanol–water partition coefficient (Wildman–Crippen LogP) is 3.18. The normalized spacial score (nSPS) is 18.1. The van der Waals surface area contributed by atoms with Crippen molar-refractivity contribution in [3.8, 4) is 0 Å². The van der Waals surface area contributed by atoms with E-state index in [2.05, 4.69) is 4.98 Å². The summed E-state index contributed by atoms with van der Waals surface area (Å²) < 4.78 is 5.54. The highest BCUT2D eigenvalue weighted by Crippen LogP contribution is 2.25. The van der Waals surface area contributed by atoms with Crippen LogP contribution in [0.2, 0.25) is 0 Å². The first kappa shape index (κ1) is 15.0. The number of pyridine rings is 1. The van der Waals surface area contributed by atoms with Gasteiger partial charge in [-0.1, -0.05) is 18.2 Å². The van der Waals surface area contributed by atoms with Crippen LogP contribution < -0.4 is 0 Å². The molecule has 1 fully saturated rings. The summed E-state index contributed by atoms with van der Waals surface area (Å²) in [5, 5.41) is 0.931. The van der Waals surface area contributed by atoms with Gasteiger partial charge in [-0.2, -0.15) is 0 Å². The molecule has 0 saturated carbocycles. The molecule has 1 aromatic carbocycles. The number of aromatic nitrogens is 1. The number of carbonyl (C=O) groups is 1. The Balaban J connectivity index is 1.95. The van der Waals surface area contributed by atoms with Gasteiger partial charge < -0.3 is 9.64 Å². The molecule has 116 valence electrons. The maximum Gasteiger partial charge on any atom is 0.254 e. The number of likely N-dealkylation sites (tertiary alicyclic amines) is 1. The van der Waals surface area contributed by atoms with Crippen LogP contribution in [0.25, 0.3) is 10.9 Å². The molecule has 4 nitrogen and oxygen atoms in total. The first-order valence-corrected chi connectivity index (χ1v) is 7.96. The third-order valence-electron chi connectivity index (χ3n) is 4.23. The lowest BCUT2D eigenvalue weighted by molar-refractivity contribution is 0.0566. The average Bonchev–Trinajstić information content (AvgIpc) is 2.99. The first-order chi connectivity index (χ1) is 10.7. The van der Waals surface area contributed by atoms with Gasteiger partial charge in [0.05, 0.1) is 23.7 Å². The van der Waals surface area contributed by atoms with Gasteiger partial charge in [0.2, 0.25) is 0 Å². The van der Waals surface area contributed by atoms with Gasteiger partial charge in [-0.3, -0.25) is 9.78 Å². The Bertz CT molecular complexity index is 684. The van der Waals surface area contributed by atoms with Crippen molar-refractivity contribution in [1.29, 1.82) is 0 Å². The topological polar surface area (TPSA) is 42.4 Å². The van der Waals surface area contributed by atoms with Gasteiger partial charge in [0, 0.05) is 24.2 Å². The number of aryl methyl sites for hydroxylation is 1. The lowest BCUT2D eigenvalue weighted by Gasteiger charge is -2.25. The second-order valence-electron chi connectivity index (χ2n) is 5.78. The molecular weight excluding hydrogens is 276 g/mol. The minimum absolute atomic E-state index is 0.101. The van der Waals surface area contributed by atoms with E-state index in [1.54, 1.807) is 0 Å². The minimum Gasteiger partial charge on any atom is -0.380 e. The zero-order valence-electron chi connectivity index (χ0n) is 13.2.